The van der Waals surface area contributed by atoms with Gasteiger partial charge in [0.25, 0.3) is 0 Å². The van der Waals surface area contributed by atoms with Crippen molar-refractivity contribution in [3.05, 3.63) is 53.3 Å². The monoisotopic (exact) mass is 301 g/mol. The lowest BCUT2D eigenvalue weighted by molar-refractivity contribution is 0.0696. The number of nitrogens with zero attached hydrogens (tertiary/aromatic N) is 3. The number of hydrogen-bond donors (Lipinski definition) is 1. The van der Waals surface area contributed by atoms with Gasteiger partial charge in [0.05, 0.1) is 11.8 Å². The van der Waals surface area contributed by atoms with Crippen LogP contribution in [0.25, 0.3) is 0 Å². The van der Waals surface area contributed by atoms with Gasteiger partial charge in [-0.15, -0.1) is 0 Å². The number of carboxylic acids is 1. The van der Waals surface area contributed by atoms with Gasteiger partial charge in [-0.2, -0.15) is 5.10 Å². The van der Waals surface area contributed by atoms with Crippen LogP contribution >= 0.6 is 0 Å². The molecular weight excluding hydrogens is 278 g/mol. The Hall–Kier alpha value is -2.14. The van der Waals surface area contributed by atoms with Crippen LogP contribution in [0.3, 0.4) is 0 Å². The summed E-state index contributed by atoms with van der Waals surface area (Å²) in [6.45, 7) is 6.86. The van der Waals surface area contributed by atoms with E-state index >= 15 is 0 Å². The molecule has 118 valence electrons. The zero-order valence-electron chi connectivity index (χ0n) is 13.4. The van der Waals surface area contributed by atoms with Crippen LogP contribution in [0.4, 0.5) is 0 Å². The highest BCUT2D eigenvalue weighted by Crippen LogP contribution is 2.13. The molecule has 0 saturated carbocycles. The lowest BCUT2D eigenvalue weighted by Crippen LogP contribution is -2.27. The third kappa shape index (κ3) is 4.70. The average Bonchev–Trinajstić information content (AvgIpc) is 2.83. The summed E-state index contributed by atoms with van der Waals surface area (Å²) < 4.78 is 1.80. The molecule has 1 N–H and O–H groups in total. The molecule has 0 aliphatic rings. The second-order valence-corrected chi connectivity index (χ2v) is 6.09. The number of aryl methyl sites for hydroxylation is 1. The summed E-state index contributed by atoms with van der Waals surface area (Å²) in [6.07, 6.45) is 3.89. The van der Waals surface area contributed by atoms with Crippen LogP contribution in [0.5, 0.6) is 0 Å². The van der Waals surface area contributed by atoms with Gasteiger partial charge in [-0.25, -0.2) is 4.79 Å². The van der Waals surface area contributed by atoms with Crippen molar-refractivity contribution in [2.75, 3.05) is 6.54 Å². The molecule has 0 unspecified atom stereocenters. The smallest absolute Gasteiger partial charge is 0.335 e. The molecular formula is C17H23N3O2. The van der Waals surface area contributed by atoms with Crippen LogP contribution in [0.2, 0.25) is 0 Å². The summed E-state index contributed by atoms with van der Waals surface area (Å²) in [4.78, 5) is 13.4. The van der Waals surface area contributed by atoms with E-state index in [2.05, 4.69) is 23.8 Å². The maximum atomic E-state index is 11.1. The average molecular weight is 301 g/mol. The van der Waals surface area contributed by atoms with Crippen molar-refractivity contribution >= 4 is 5.97 Å². The second-order valence-electron chi connectivity index (χ2n) is 6.09. The number of rotatable bonds is 7. The predicted molar refractivity (Wildman–Crippen MR) is 85.6 cm³/mol. The fourth-order valence-corrected chi connectivity index (χ4v) is 2.57. The first-order chi connectivity index (χ1) is 10.4. The van der Waals surface area contributed by atoms with Crippen molar-refractivity contribution in [1.29, 1.82) is 0 Å². The molecule has 0 atom stereocenters. The van der Waals surface area contributed by atoms with Crippen molar-refractivity contribution in [3.63, 3.8) is 0 Å². The molecule has 0 spiro atoms. The highest BCUT2D eigenvalue weighted by atomic mass is 16.4. The molecule has 1 aromatic heterocycles. The Bertz CT molecular complexity index is 634. The minimum absolute atomic E-state index is 0.336. The lowest BCUT2D eigenvalue weighted by atomic mass is 10.1. The Balaban J connectivity index is 2.12. The van der Waals surface area contributed by atoms with E-state index in [9.17, 15) is 4.79 Å². The molecule has 0 saturated heterocycles. The highest BCUT2D eigenvalue weighted by molar-refractivity contribution is 5.87. The maximum Gasteiger partial charge on any atom is 0.335 e. The summed E-state index contributed by atoms with van der Waals surface area (Å²) in [5, 5.41) is 13.3. The van der Waals surface area contributed by atoms with Gasteiger partial charge in [-0.3, -0.25) is 9.58 Å². The molecule has 5 nitrogen and oxygen atoms in total. The molecule has 0 aliphatic carbocycles. The minimum atomic E-state index is -0.885. The van der Waals surface area contributed by atoms with Gasteiger partial charge in [0.2, 0.25) is 0 Å². The number of hydrogen-bond acceptors (Lipinski definition) is 3. The number of benzene rings is 1. The van der Waals surface area contributed by atoms with E-state index < -0.39 is 5.97 Å². The predicted octanol–water partition coefficient (Wildman–Crippen LogP) is 2.78. The van der Waals surface area contributed by atoms with Crippen LogP contribution in [0.15, 0.2) is 36.7 Å². The Labute approximate surface area is 131 Å². The van der Waals surface area contributed by atoms with Gasteiger partial charge in [0.15, 0.2) is 0 Å². The van der Waals surface area contributed by atoms with E-state index in [1.807, 2.05) is 25.5 Å². The van der Waals surface area contributed by atoms with E-state index in [1.54, 1.807) is 22.9 Å². The molecule has 5 heteroatoms. The molecule has 0 fully saturated rings. The van der Waals surface area contributed by atoms with Gasteiger partial charge in [0.1, 0.15) is 0 Å². The van der Waals surface area contributed by atoms with E-state index in [0.29, 0.717) is 11.5 Å². The third-order valence-corrected chi connectivity index (χ3v) is 3.37. The van der Waals surface area contributed by atoms with Gasteiger partial charge in [-0.1, -0.05) is 26.0 Å². The van der Waals surface area contributed by atoms with E-state index in [1.165, 1.54) is 0 Å². The first-order valence-electron chi connectivity index (χ1n) is 7.46. The third-order valence-electron chi connectivity index (χ3n) is 3.37. The van der Waals surface area contributed by atoms with Crippen molar-refractivity contribution in [1.82, 2.24) is 14.7 Å². The summed E-state index contributed by atoms with van der Waals surface area (Å²) in [5.74, 6) is -0.344. The van der Waals surface area contributed by atoms with Crippen LogP contribution in [0.1, 0.15) is 35.3 Å². The van der Waals surface area contributed by atoms with Crippen LogP contribution in [0, 0.1) is 5.92 Å². The summed E-state index contributed by atoms with van der Waals surface area (Å²) in [6, 6.07) is 7.15. The molecule has 22 heavy (non-hydrogen) atoms. The molecule has 0 aliphatic heterocycles. The SMILES string of the molecule is CC(C)CN(Cc1cccc(C(=O)O)c1)Cc1cnn(C)c1. The quantitative estimate of drug-likeness (QED) is 0.854. The molecule has 2 rings (SSSR count). The highest BCUT2D eigenvalue weighted by Gasteiger charge is 2.11. The van der Waals surface area contributed by atoms with Crippen molar-refractivity contribution in [3.8, 4) is 0 Å². The topological polar surface area (TPSA) is 58.4 Å². The van der Waals surface area contributed by atoms with Crippen molar-refractivity contribution in [2.24, 2.45) is 13.0 Å². The van der Waals surface area contributed by atoms with E-state index in [-0.39, 0.29) is 0 Å². The minimum Gasteiger partial charge on any atom is -0.478 e. The van der Waals surface area contributed by atoms with E-state index in [4.69, 9.17) is 5.11 Å². The molecule has 0 radical (unpaired) electrons. The van der Waals surface area contributed by atoms with E-state index in [0.717, 1.165) is 30.8 Å². The van der Waals surface area contributed by atoms with Gasteiger partial charge in [-0.05, 0) is 23.6 Å². The Morgan fingerprint density at radius 2 is 2.05 bits per heavy atom. The van der Waals surface area contributed by atoms with Crippen LogP contribution in [-0.2, 0) is 20.1 Å². The largest absolute Gasteiger partial charge is 0.478 e. The number of aromatic carboxylic acids is 1. The zero-order valence-corrected chi connectivity index (χ0v) is 13.4. The van der Waals surface area contributed by atoms with Gasteiger partial charge in [0, 0.05) is 38.4 Å². The van der Waals surface area contributed by atoms with Crippen LogP contribution < -0.4 is 0 Å². The summed E-state index contributed by atoms with van der Waals surface area (Å²) in [5.41, 5.74) is 2.52. The number of carboxylic acid groups (broad SMARTS) is 1. The number of carbonyl (C=O) groups is 1. The summed E-state index contributed by atoms with van der Waals surface area (Å²) in [7, 11) is 1.91. The van der Waals surface area contributed by atoms with Gasteiger partial charge >= 0.3 is 5.97 Å². The van der Waals surface area contributed by atoms with Crippen molar-refractivity contribution in [2.45, 2.75) is 26.9 Å². The Kier molecular flexibility index (Phi) is 5.33. The number of aromatic nitrogens is 2. The lowest BCUT2D eigenvalue weighted by Gasteiger charge is -2.24. The fourth-order valence-electron chi connectivity index (χ4n) is 2.57. The standard InChI is InChI=1S/C17H23N3O2/c1-13(2)9-20(12-15-8-18-19(3)10-15)11-14-5-4-6-16(7-14)17(21)22/h4-8,10,13H,9,11-12H2,1-3H3,(H,21,22). The first-order valence-corrected chi connectivity index (χ1v) is 7.46. The van der Waals surface area contributed by atoms with Crippen molar-refractivity contribution < 1.29 is 9.90 Å². The molecule has 2 aromatic rings. The summed E-state index contributed by atoms with van der Waals surface area (Å²) >= 11 is 0. The maximum absolute atomic E-state index is 11.1. The molecule has 0 bridgehead atoms. The Morgan fingerprint density at radius 3 is 2.64 bits per heavy atom. The van der Waals surface area contributed by atoms with Crippen LogP contribution in [-0.4, -0.2) is 32.3 Å². The second kappa shape index (κ2) is 7.22. The molecule has 0 amide bonds. The Morgan fingerprint density at radius 1 is 1.32 bits per heavy atom. The zero-order chi connectivity index (χ0) is 16.1. The molecule has 1 heterocycles. The first kappa shape index (κ1) is 16.2. The molecule has 1 aromatic carbocycles. The van der Waals surface area contributed by atoms with Gasteiger partial charge < -0.3 is 5.11 Å². The normalized spacial score (nSPS) is 11.3. The fraction of sp³-hybridized carbons (Fsp3) is 0.412.